The molecular weight excluding hydrogens is 305 g/mol. The largest absolute Gasteiger partial charge is 0.469 e. The zero-order valence-corrected chi connectivity index (χ0v) is 11.6. The molecule has 0 aliphatic rings. The molecule has 1 aromatic carbocycles. The third-order valence-electron chi connectivity index (χ3n) is 2.69. The Labute approximate surface area is 124 Å². The van der Waals surface area contributed by atoms with E-state index in [1.165, 1.54) is 6.07 Å². The van der Waals surface area contributed by atoms with Crippen LogP contribution in [0, 0.1) is 5.82 Å². The van der Waals surface area contributed by atoms with E-state index in [1.807, 2.05) is 0 Å². The number of rotatable bonds is 7. The number of hydrogen-bond donors (Lipinski definition) is 2. The molecule has 6 nitrogen and oxygen atoms in total. The van der Waals surface area contributed by atoms with E-state index in [2.05, 4.69) is 14.8 Å². The van der Waals surface area contributed by atoms with Gasteiger partial charge in [0.05, 0.1) is 26.1 Å². The van der Waals surface area contributed by atoms with Crippen molar-refractivity contribution in [3.05, 3.63) is 29.6 Å². The Kier molecular flexibility index (Phi) is 6.64. The first-order valence-electron chi connectivity index (χ1n) is 6.17. The van der Waals surface area contributed by atoms with Crippen LogP contribution in [0.5, 0.6) is 5.75 Å². The van der Waals surface area contributed by atoms with Gasteiger partial charge in [0.25, 0.3) is 0 Å². The summed E-state index contributed by atoms with van der Waals surface area (Å²) in [5.74, 6) is -2.91. The fourth-order valence-electron chi connectivity index (χ4n) is 1.68. The third-order valence-corrected chi connectivity index (χ3v) is 2.69. The maximum Gasteiger partial charge on any atom is 0.387 e. The van der Waals surface area contributed by atoms with Crippen LogP contribution in [0.25, 0.3) is 0 Å². The summed E-state index contributed by atoms with van der Waals surface area (Å²) in [5, 5.41) is 2.42. The minimum Gasteiger partial charge on any atom is -0.469 e. The van der Waals surface area contributed by atoms with Gasteiger partial charge in [0, 0.05) is 0 Å². The van der Waals surface area contributed by atoms with Gasteiger partial charge >= 0.3 is 12.6 Å². The SMILES string of the molecule is COC(=O)C[C@H](NC(=O)CN)c1ccc(F)c(OC(F)F)c1. The van der Waals surface area contributed by atoms with Gasteiger partial charge in [-0.05, 0) is 17.7 Å². The van der Waals surface area contributed by atoms with Gasteiger partial charge in [0.15, 0.2) is 11.6 Å². The fourth-order valence-corrected chi connectivity index (χ4v) is 1.68. The third kappa shape index (κ3) is 5.24. The Hall–Kier alpha value is -2.29. The molecule has 122 valence electrons. The van der Waals surface area contributed by atoms with Crippen LogP contribution in [0.15, 0.2) is 18.2 Å². The first-order chi connectivity index (χ1) is 10.4. The van der Waals surface area contributed by atoms with Gasteiger partial charge in [-0.2, -0.15) is 8.78 Å². The maximum atomic E-state index is 13.4. The van der Waals surface area contributed by atoms with Gasteiger partial charge in [-0.15, -0.1) is 0 Å². The van der Waals surface area contributed by atoms with Gasteiger partial charge in [-0.1, -0.05) is 6.07 Å². The number of esters is 1. The molecule has 1 amide bonds. The van der Waals surface area contributed by atoms with Crippen molar-refractivity contribution >= 4 is 11.9 Å². The van der Waals surface area contributed by atoms with Crippen molar-refractivity contribution in [2.45, 2.75) is 19.1 Å². The van der Waals surface area contributed by atoms with Crippen molar-refractivity contribution < 1.29 is 32.2 Å². The minimum absolute atomic E-state index is 0.198. The summed E-state index contributed by atoms with van der Waals surface area (Å²) in [7, 11) is 1.15. The molecule has 0 aliphatic heterocycles. The number of nitrogens with one attached hydrogen (secondary N) is 1. The number of carbonyl (C=O) groups is 2. The Morgan fingerprint density at radius 2 is 2.05 bits per heavy atom. The van der Waals surface area contributed by atoms with Crippen LogP contribution in [0.4, 0.5) is 13.2 Å². The predicted octanol–water partition coefficient (Wildman–Crippen LogP) is 1.11. The number of nitrogens with two attached hydrogens (primary N) is 1. The molecular formula is C13H15F3N2O4. The zero-order chi connectivity index (χ0) is 16.7. The Morgan fingerprint density at radius 1 is 1.36 bits per heavy atom. The summed E-state index contributed by atoms with van der Waals surface area (Å²) in [5.41, 5.74) is 5.37. The topological polar surface area (TPSA) is 90.7 Å². The molecule has 0 fully saturated rings. The predicted molar refractivity (Wildman–Crippen MR) is 69.6 cm³/mol. The van der Waals surface area contributed by atoms with E-state index in [9.17, 15) is 22.8 Å². The smallest absolute Gasteiger partial charge is 0.387 e. The van der Waals surface area contributed by atoms with Crippen LogP contribution in [-0.2, 0) is 14.3 Å². The molecule has 0 spiro atoms. The second kappa shape index (κ2) is 8.23. The molecule has 0 bridgehead atoms. The van der Waals surface area contributed by atoms with Gasteiger partial charge < -0.3 is 20.5 Å². The molecule has 1 aromatic rings. The molecule has 0 aromatic heterocycles. The second-order valence-corrected chi connectivity index (χ2v) is 4.17. The molecule has 0 heterocycles. The molecule has 22 heavy (non-hydrogen) atoms. The van der Waals surface area contributed by atoms with Crippen LogP contribution >= 0.6 is 0 Å². The summed E-state index contributed by atoms with van der Waals surface area (Å²) in [4.78, 5) is 22.7. The van der Waals surface area contributed by atoms with Crippen molar-refractivity contribution in [1.29, 1.82) is 0 Å². The van der Waals surface area contributed by atoms with Gasteiger partial charge in [-0.3, -0.25) is 9.59 Å². The number of alkyl halides is 2. The lowest BCUT2D eigenvalue weighted by Gasteiger charge is -2.19. The van der Waals surface area contributed by atoms with Crippen LogP contribution in [0.1, 0.15) is 18.0 Å². The van der Waals surface area contributed by atoms with E-state index in [4.69, 9.17) is 5.73 Å². The average Bonchev–Trinajstić information content (AvgIpc) is 2.48. The molecule has 1 atom stereocenters. The zero-order valence-electron chi connectivity index (χ0n) is 11.6. The number of carbonyl (C=O) groups excluding carboxylic acids is 2. The number of hydrogen-bond acceptors (Lipinski definition) is 5. The van der Waals surface area contributed by atoms with E-state index in [0.29, 0.717) is 0 Å². The molecule has 0 aliphatic carbocycles. The minimum atomic E-state index is -3.21. The summed E-state index contributed by atoms with van der Waals surface area (Å²) in [6.07, 6.45) is -0.276. The lowest BCUT2D eigenvalue weighted by atomic mass is 10.0. The lowest BCUT2D eigenvalue weighted by molar-refractivity contribution is -0.141. The van der Waals surface area contributed by atoms with E-state index >= 15 is 0 Å². The van der Waals surface area contributed by atoms with Crippen molar-refractivity contribution in [2.75, 3.05) is 13.7 Å². The summed E-state index contributed by atoms with van der Waals surface area (Å²) in [6, 6.07) is 2.19. The number of methoxy groups -OCH3 is 1. The van der Waals surface area contributed by atoms with Gasteiger partial charge in [0.2, 0.25) is 5.91 Å². The summed E-state index contributed by atoms with van der Waals surface area (Å²) >= 11 is 0. The van der Waals surface area contributed by atoms with Crippen molar-refractivity contribution in [3.8, 4) is 5.75 Å². The molecule has 1 rings (SSSR count). The Morgan fingerprint density at radius 3 is 2.59 bits per heavy atom. The van der Waals surface area contributed by atoms with Crippen LogP contribution in [0.2, 0.25) is 0 Å². The standard InChI is InChI=1S/C13H15F3N2O4/c1-21-12(20)5-9(18-11(19)6-17)7-2-3-8(14)10(4-7)22-13(15)16/h2-4,9,13H,5-6,17H2,1H3,(H,18,19)/t9-/m0/s1. The van der Waals surface area contributed by atoms with E-state index in [1.54, 1.807) is 0 Å². The summed E-state index contributed by atoms with van der Waals surface area (Å²) in [6.45, 7) is -3.54. The first kappa shape index (κ1) is 17.8. The molecule has 0 saturated carbocycles. The molecule has 3 N–H and O–H groups in total. The van der Waals surface area contributed by atoms with Crippen molar-refractivity contribution in [3.63, 3.8) is 0 Å². The van der Waals surface area contributed by atoms with Crippen molar-refractivity contribution in [1.82, 2.24) is 5.32 Å². The monoisotopic (exact) mass is 320 g/mol. The lowest BCUT2D eigenvalue weighted by Crippen LogP contribution is -2.35. The second-order valence-electron chi connectivity index (χ2n) is 4.17. The highest BCUT2D eigenvalue weighted by atomic mass is 19.3. The fraction of sp³-hybridized carbons (Fsp3) is 0.385. The van der Waals surface area contributed by atoms with Gasteiger partial charge in [0.1, 0.15) is 0 Å². The molecule has 9 heteroatoms. The van der Waals surface area contributed by atoms with E-state index < -0.39 is 36.1 Å². The van der Waals surface area contributed by atoms with Crippen LogP contribution < -0.4 is 15.8 Å². The van der Waals surface area contributed by atoms with Crippen LogP contribution in [-0.4, -0.2) is 32.1 Å². The molecule has 0 radical (unpaired) electrons. The number of benzene rings is 1. The highest BCUT2D eigenvalue weighted by Gasteiger charge is 2.21. The first-order valence-corrected chi connectivity index (χ1v) is 6.17. The molecule has 0 saturated heterocycles. The number of halogens is 3. The number of amides is 1. The van der Waals surface area contributed by atoms with Crippen molar-refractivity contribution in [2.24, 2.45) is 5.73 Å². The maximum absolute atomic E-state index is 13.4. The highest BCUT2D eigenvalue weighted by molar-refractivity contribution is 5.79. The van der Waals surface area contributed by atoms with E-state index in [-0.39, 0.29) is 18.5 Å². The normalized spacial score (nSPS) is 11.9. The quantitative estimate of drug-likeness (QED) is 0.734. The Bertz CT molecular complexity index is 522. The van der Waals surface area contributed by atoms with Gasteiger partial charge in [-0.25, -0.2) is 4.39 Å². The summed E-state index contributed by atoms with van der Waals surface area (Å²) < 4.78 is 46.3. The van der Waals surface area contributed by atoms with Crippen LogP contribution in [0.3, 0.4) is 0 Å². The highest BCUT2D eigenvalue weighted by Crippen LogP contribution is 2.26. The molecule has 0 unspecified atom stereocenters. The van der Waals surface area contributed by atoms with E-state index in [0.717, 1.165) is 19.2 Å². The Balaban J connectivity index is 3.06. The number of ether oxygens (including phenoxy) is 2. The average molecular weight is 320 g/mol.